The molecule has 2 N–H and O–H groups in total. The normalized spacial score (nSPS) is 13.0. The molecule has 0 saturated carbocycles. The van der Waals surface area contributed by atoms with Gasteiger partial charge in [0.15, 0.2) is 0 Å². The van der Waals surface area contributed by atoms with Gasteiger partial charge in [0.1, 0.15) is 0 Å². The average molecular weight is 171 g/mol. The van der Waals surface area contributed by atoms with Crippen molar-refractivity contribution in [2.24, 2.45) is 5.73 Å². The fraction of sp³-hybridized carbons (Fsp3) is 0.375. The summed E-state index contributed by atoms with van der Waals surface area (Å²) in [7, 11) is 0. The van der Waals surface area contributed by atoms with Crippen LogP contribution >= 0.6 is 11.6 Å². The third-order valence-corrected chi connectivity index (χ3v) is 1.84. The van der Waals surface area contributed by atoms with Crippen LogP contribution in [0.15, 0.2) is 18.3 Å². The first-order valence-electron chi connectivity index (χ1n) is 3.55. The molecule has 1 rings (SSSR count). The number of hydrogen-bond donors (Lipinski definition) is 1. The van der Waals surface area contributed by atoms with Gasteiger partial charge in [-0.1, -0.05) is 18.5 Å². The molecular weight excluding hydrogens is 160 g/mol. The minimum Gasteiger partial charge on any atom is -0.330 e. The van der Waals surface area contributed by atoms with Crippen molar-refractivity contribution in [1.29, 1.82) is 0 Å². The van der Waals surface area contributed by atoms with Crippen molar-refractivity contribution in [3.05, 3.63) is 29.0 Å². The van der Waals surface area contributed by atoms with Crippen LogP contribution in [0.4, 0.5) is 0 Å². The molecule has 0 radical (unpaired) electrons. The second-order valence-corrected chi connectivity index (χ2v) is 2.97. The fourth-order valence-electron chi connectivity index (χ4n) is 0.811. The van der Waals surface area contributed by atoms with E-state index in [1.54, 1.807) is 12.3 Å². The highest BCUT2D eigenvalue weighted by atomic mass is 35.5. The van der Waals surface area contributed by atoms with E-state index in [4.69, 9.17) is 17.3 Å². The molecule has 60 valence electrons. The summed E-state index contributed by atoms with van der Waals surface area (Å²) in [6.45, 7) is 2.63. The van der Waals surface area contributed by atoms with Gasteiger partial charge in [-0.05, 0) is 12.1 Å². The first-order chi connectivity index (χ1) is 5.24. The van der Waals surface area contributed by atoms with Crippen LogP contribution < -0.4 is 5.73 Å². The molecule has 3 heteroatoms. The molecule has 0 bridgehead atoms. The van der Waals surface area contributed by atoms with Gasteiger partial charge in [-0.15, -0.1) is 0 Å². The lowest BCUT2D eigenvalue weighted by molar-refractivity contribution is 0.745. The lowest BCUT2D eigenvalue weighted by Gasteiger charge is -2.06. The molecule has 1 unspecified atom stereocenters. The molecule has 1 aromatic heterocycles. The van der Waals surface area contributed by atoms with Crippen LogP contribution in [0.2, 0.25) is 5.02 Å². The van der Waals surface area contributed by atoms with Crippen molar-refractivity contribution < 1.29 is 0 Å². The Morgan fingerprint density at radius 1 is 1.73 bits per heavy atom. The van der Waals surface area contributed by atoms with Crippen LogP contribution in [-0.2, 0) is 0 Å². The third-order valence-electron chi connectivity index (χ3n) is 1.60. The topological polar surface area (TPSA) is 38.9 Å². The number of nitrogens with two attached hydrogens (primary N) is 1. The Bertz CT molecular complexity index is 237. The smallest absolute Gasteiger partial charge is 0.0459 e. The second kappa shape index (κ2) is 3.69. The zero-order chi connectivity index (χ0) is 8.27. The van der Waals surface area contributed by atoms with Gasteiger partial charge in [-0.3, -0.25) is 4.98 Å². The van der Waals surface area contributed by atoms with Gasteiger partial charge in [0.05, 0.1) is 0 Å². The number of nitrogens with zero attached hydrogens (tertiary/aromatic N) is 1. The summed E-state index contributed by atoms with van der Waals surface area (Å²) >= 11 is 5.77. The molecule has 0 saturated heterocycles. The Labute approximate surface area is 71.4 Å². The number of pyridine rings is 1. The molecule has 0 aliphatic carbocycles. The largest absolute Gasteiger partial charge is 0.330 e. The highest BCUT2D eigenvalue weighted by Crippen LogP contribution is 2.14. The molecule has 0 aliphatic rings. The van der Waals surface area contributed by atoms with Gasteiger partial charge in [0.25, 0.3) is 0 Å². The molecule has 0 aliphatic heterocycles. The maximum Gasteiger partial charge on any atom is 0.0459 e. The number of aromatic nitrogens is 1. The summed E-state index contributed by atoms with van der Waals surface area (Å²) in [5, 5.41) is 0.718. The van der Waals surface area contributed by atoms with Crippen molar-refractivity contribution >= 4 is 11.6 Å². The van der Waals surface area contributed by atoms with Gasteiger partial charge in [0, 0.05) is 29.4 Å². The SMILES string of the molecule is CC(CN)c1cc(Cl)ccn1. The van der Waals surface area contributed by atoms with E-state index >= 15 is 0 Å². The summed E-state index contributed by atoms with van der Waals surface area (Å²) in [6.07, 6.45) is 1.70. The highest BCUT2D eigenvalue weighted by Gasteiger charge is 2.03. The predicted molar refractivity (Wildman–Crippen MR) is 46.7 cm³/mol. The average Bonchev–Trinajstić information content (AvgIpc) is 2.03. The number of hydrogen-bond acceptors (Lipinski definition) is 2. The summed E-state index contributed by atoms with van der Waals surface area (Å²) < 4.78 is 0. The molecule has 1 aromatic rings. The van der Waals surface area contributed by atoms with Gasteiger partial charge in [0.2, 0.25) is 0 Å². The molecule has 0 spiro atoms. The van der Waals surface area contributed by atoms with E-state index < -0.39 is 0 Å². The van der Waals surface area contributed by atoms with E-state index in [-0.39, 0.29) is 5.92 Å². The van der Waals surface area contributed by atoms with Crippen molar-refractivity contribution in [2.45, 2.75) is 12.8 Å². The molecule has 0 aromatic carbocycles. The van der Waals surface area contributed by atoms with E-state index in [0.717, 1.165) is 10.7 Å². The van der Waals surface area contributed by atoms with Crippen LogP contribution in [0.3, 0.4) is 0 Å². The summed E-state index contributed by atoms with van der Waals surface area (Å²) in [5.41, 5.74) is 6.43. The molecule has 0 fully saturated rings. The van der Waals surface area contributed by atoms with E-state index in [1.165, 1.54) is 0 Å². The van der Waals surface area contributed by atoms with Crippen molar-refractivity contribution in [3.8, 4) is 0 Å². The van der Waals surface area contributed by atoms with Crippen molar-refractivity contribution in [2.75, 3.05) is 6.54 Å². The van der Waals surface area contributed by atoms with Gasteiger partial charge in [-0.25, -0.2) is 0 Å². The van der Waals surface area contributed by atoms with E-state index in [2.05, 4.69) is 4.98 Å². The van der Waals surface area contributed by atoms with Crippen LogP contribution in [-0.4, -0.2) is 11.5 Å². The molecule has 11 heavy (non-hydrogen) atoms. The lowest BCUT2D eigenvalue weighted by atomic mass is 10.1. The summed E-state index contributed by atoms with van der Waals surface area (Å²) in [5.74, 6) is 0.286. The third kappa shape index (κ3) is 2.17. The summed E-state index contributed by atoms with van der Waals surface area (Å²) in [6, 6.07) is 3.60. The zero-order valence-electron chi connectivity index (χ0n) is 6.42. The number of halogens is 1. The molecular formula is C8H11ClN2. The Morgan fingerprint density at radius 2 is 2.45 bits per heavy atom. The molecule has 2 nitrogen and oxygen atoms in total. The monoisotopic (exact) mass is 170 g/mol. The Kier molecular flexibility index (Phi) is 2.85. The Hall–Kier alpha value is -0.600. The number of rotatable bonds is 2. The summed E-state index contributed by atoms with van der Waals surface area (Å²) in [4.78, 5) is 4.15. The fourth-order valence-corrected chi connectivity index (χ4v) is 0.980. The first kappa shape index (κ1) is 8.50. The standard InChI is InChI=1S/C8H11ClN2/c1-6(5-10)8-4-7(9)2-3-11-8/h2-4,6H,5,10H2,1H3. The van der Waals surface area contributed by atoms with Gasteiger partial charge in [-0.2, -0.15) is 0 Å². The second-order valence-electron chi connectivity index (χ2n) is 2.54. The Morgan fingerprint density at radius 3 is 3.00 bits per heavy atom. The first-order valence-corrected chi connectivity index (χ1v) is 3.93. The van der Waals surface area contributed by atoms with E-state index in [9.17, 15) is 0 Å². The Balaban J connectivity index is 2.86. The lowest BCUT2D eigenvalue weighted by Crippen LogP contribution is -2.09. The van der Waals surface area contributed by atoms with Crippen LogP contribution in [0, 0.1) is 0 Å². The quantitative estimate of drug-likeness (QED) is 0.735. The molecule has 0 amide bonds. The van der Waals surface area contributed by atoms with E-state index in [0.29, 0.717) is 6.54 Å². The van der Waals surface area contributed by atoms with Crippen LogP contribution in [0.1, 0.15) is 18.5 Å². The predicted octanol–water partition coefficient (Wildman–Crippen LogP) is 1.80. The van der Waals surface area contributed by atoms with Gasteiger partial charge < -0.3 is 5.73 Å². The zero-order valence-corrected chi connectivity index (χ0v) is 7.17. The maximum atomic E-state index is 5.77. The maximum absolute atomic E-state index is 5.77. The van der Waals surface area contributed by atoms with Crippen LogP contribution in [0.25, 0.3) is 0 Å². The minimum atomic E-state index is 0.286. The minimum absolute atomic E-state index is 0.286. The molecule has 1 atom stereocenters. The molecule has 1 heterocycles. The highest BCUT2D eigenvalue weighted by molar-refractivity contribution is 6.30. The van der Waals surface area contributed by atoms with Gasteiger partial charge >= 0.3 is 0 Å². The van der Waals surface area contributed by atoms with Crippen molar-refractivity contribution in [1.82, 2.24) is 4.98 Å². The van der Waals surface area contributed by atoms with Crippen LogP contribution in [0.5, 0.6) is 0 Å². The van der Waals surface area contributed by atoms with E-state index in [1.807, 2.05) is 13.0 Å². The van der Waals surface area contributed by atoms with Crippen molar-refractivity contribution in [3.63, 3.8) is 0 Å².